The average Bonchev–Trinajstić information content (AvgIpc) is 1.77. The molecule has 0 nitrogen and oxygen atoms in total. The van der Waals surface area contributed by atoms with Crippen molar-refractivity contribution in [3.63, 3.8) is 0 Å². The monoisotopic (exact) mass is 179 g/mol. The smallest absolute Gasteiger partial charge is 0.198 e. The van der Waals surface area contributed by atoms with Crippen molar-refractivity contribution in [1.29, 1.82) is 0 Å². The van der Waals surface area contributed by atoms with E-state index in [0.29, 0.717) is 0 Å². The van der Waals surface area contributed by atoms with Gasteiger partial charge in [0.15, 0.2) is 20.8 Å². The maximum atomic E-state index is 12.3. The minimum absolute atomic E-state index is 0.531. The Hall–Kier alpha value is 0.280. The highest BCUT2D eigenvalue weighted by molar-refractivity contribution is 9.11. The summed E-state index contributed by atoms with van der Waals surface area (Å²) in [5, 5.41) is 0. The summed E-state index contributed by atoms with van der Waals surface area (Å²) in [5.74, 6) is 0. The topological polar surface area (TPSA) is 0 Å². The number of rotatable bonds is 0. The third kappa shape index (κ3) is 1.66. The van der Waals surface area contributed by atoms with Crippen molar-refractivity contribution in [2.24, 2.45) is 0 Å². The van der Waals surface area contributed by atoms with E-state index in [1.165, 1.54) is 4.83 Å². The van der Waals surface area contributed by atoms with E-state index in [4.69, 9.17) is 0 Å². The second-order valence-corrected chi connectivity index (χ2v) is 3.31. The van der Waals surface area contributed by atoms with Gasteiger partial charge in [-0.3, -0.25) is 0 Å². The molecule has 1 aliphatic rings. The molecule has 0 atom stereocenters. The van der Waals surface area contributed by atoms with E-state index in [0.717, 1.165) is 25.7 Å². The Labute approximate surface area is 57.6 Å². The zero-order valence-corrected chi connectivity index (χ0v) is 6.25. The van der Waals surface area contributed by atoms with Gasteiger partial charge in [0.25, 0.3) is 0 Å². The quantitative estimate of drug-likeness (QED) is 0.503. The Morgan fingerprint density at radius 1 is 1.38 bits per heavy atom. The lowest BCUT2D eigenvalue weighted by Crippen LogP contribution is -2.09. The second kappa shape index (κ2) is 2.72. The van der Waals surface area contributed by atoms with E-state index in [1.54, 1.807) is 0 Å². The maximum absolute atomic E-state index is 12.3. The number of hydrogen-bond donors (Lipinski definition) is 0. The maximum Gasteiger partial charge on any atom is 0.198 e. The molecule has 1 aliphatic carbocycles. The summed E-state index contributed by atoms with van der Waals surface area (Å²) in [7, 11) is 0. The molecule has 0 radical (unpaired) electrons. The van der Waals surface area contributed by atoms with E-state index in [1.807, 2.05) is 0 Å². The van der Waals surface area contributed by atoms with Crippen LogP contribution in [0.4, 0.5) is 4.39 Å². The summed E-state index contributed by atoms with van der Waals surface area (Å²) in [6.45, 7) is 0. The molecule has 0 aromatic carbocycles. The molecule has 2 heteroatoms. The SMILES string of the molecule is FC1CC[C+](Br)CC1. The number of halogens is 2. The standard InChI is InChI=1S/C6H9BrF/c7-5-1-3-6(8)4-2-5/h6H,1-4H2/q+1. The van der Waals surface area contributed by atoms with E-state index < -0.39 is 6.17 Å². The summed E-state index contributed by atoms with van der Waals surface area (Å²) in [6.07, 6.45) is 2.78. The summed E-state index contributed by atoms with van der Waals surface area (Å²) in [4.78, 5) is 1.28. The van der Waals surface area contributed by atoms with Crippen molar-refractivity contribution in [2.75, 3.05) is 0 Å². The van der Waals surface area contributed by atoms with Crippen molar-refractivity contribution < 1.29 is 4.39 Å². The van der Waals surface area contributed by atoms with Gasteiger partial charge in [-0.15, -0.1) is 0 Å². The van der Waals surface area contributed by atoms with Crippen LogP contribution in [0.3, 0.4) is 0 Å². The Kier molecular flexibility index (Phi) is 2.17. The molecule has 0 spiro atoms. The van der Waals surface area contributed by atoms with Crippen molar-refractivity contribution in [3.8, 4) is 0 Å². The highest BCUT2D eigenvalue weighted by Crippen LogP contribution is 2.31. The summed E-state index contributed by atoms with van der Waals surface area (Å²) >= 11 is 3.37. The van der Waals surface area contributed by atoms with Gasteiger partial charge in [-0.1, -0.05) is 0 Å². The van der Waals surface area contributed by atoms with Crippen molar-refractivity contribution in [2.45, 2.75) is 31.9 Å². The molecule has 0 aromatic heterocycles. The Morgan fingerprint density at radius 3 is 2.25 bits per heavy atom. The van der Waals surface area contributed by atoms with Gasteiger partial charge in [-0.2, -0.15) is 0 Å². The third-order valence-electron chi connectivity index (χ3n) is 1.46. The summed E-state index contributed by atoms with van der Waals surface area (Å²) in [5.41, 5.74) is 0. The lowest BCUT2D eigenvalue weighted by Gasteiger charge is -2.09. The van der Waals surface area contributed by atoms with Gasteiger partial charge in [-0.25, -0.2) is 4.39 Å². The molecule has 1 saturated carbocycles. The van der Waals surface area contributed by atoms with Gasteiger partial charge >= 0.3 is 0 Å². The molecule has 8 heavy (non-hydrogen) atoms. The predicted molar refractivity (Wildman–Crippen MR) is 35.5 cm³/mol. The molecule has 46 valence electrons. The highest BCUT2D eigenvalue weighted by Gasteiger charge is 2.26. The first kappa shape index (κ1) is 6.40. The minimum atomic E-state index is -0.531. The van der Waals surface area contributed by atoms with Crippen molar-refractivity contribution in [1.82, 2.24) is 0 Å². The van der Waals surface area contributed by atoms with E-state index in [-0.39, 0.29) is 0 Å². The second-order valence-electron chi connectivity index (χ2n) is 2.19. The van der Waals surface area contributed by atoms with E-state index >= 15 is 0 Å². The molecule has 1 rings (SSSR count). The number of hydrogen-bond acceptors (Lipinski definition) is 0. The Balaban J connectivity index is 2.19. The van der Waals surface area contributed by atoms with Crippen molar-refractivity contribution in [3.05, 3.63) is 4.83 Å². The summed E-state index contributed by atoms with van der Waals surface area (Å²) in [6, 6.07) is 0. The number of alkyl halides is 1. The van der Waals surface area contributed by atoms with Crippen LogP contribution in [0.15, 0.2) is 0 Å². The Bertz CT molecular complexity index is 56.9. The zero-order chi connectivity index (χ0) is 5.98. The molecular weight excluding hydrogens is 171 g/mol. The van der Waals surface area contributed by atoms with Crippen LogP contribution < -0.4 is 0 Å². The van der Waals surface area contributed by atoms with Crippen LogP contribution >= 0.6 is 15.9 Å². The van der Waals surface area contributed by atoms with Gasteiger partial charge in [0.1, 0.15) is 19.0 Å². The molecule has 0 heterocycles. The molecule has 0 amide bonds. The van der Waals surface area contributed by atoms with Crippen LogP contribution in [0.5, 0.6) is 0 Å². The van der Waals surface area contributed by atoms with E-state index in [2.05, 4.69) is 15.9 Å². The van der Waals surface area contributed by atoms with E-state index in [9.17, 15) is 4.39 Å². The molecule has 0 bridgehead atoms. The van der Waals surface area contributed by atoms with Crippen LogP contribution in [0.25, 0.3) is 0 Å². The highest BCUT2D eigenvalue weighted by atomic mass is 79.9. The molecular formula is C6H9BrF+. The zero-order valence-electron chi connectivity index (χ0n) is 4.66. The molecule has 0 aliphatic heterocycles. The van der Waals surface area contributed by atoms with Gasteiger partial charge in [-0.05, 0) is 0 Å². The molecule has 0 aromatic rings. The first-order valence-corrected chi connectivity index (χ1v) is 3.72. The summed E-state index contributed by atoms with van der Waals surface area (Å²) < 4.78 is 12.3. The molecule has 0 N–H and O–H groups in total. The lowest BCUT2D eigenvalue weighted by atomic mass is 9.99. The minimum Gasteiger partial charge on any atom is -0.247 e. The predicted octanol–water partition coefficient (Wildman–Crippen LogP) is 2.83. The largest absolute Gasteiger partial charge is 0.247 e. The van der Waals surface area contributed by atoms with Crippen molar-refractivity contribution >= 4 is 15.9 Å². The fourth-order valence-electron chi connectivity index (χ4n) is 0.896. The first-order valence-electron chi connectivity index (χ1n) is 2.93. The van der Waals surface area contributed by atoms with Crippen LogP contribution in [0.2, 0.25) is 0 Å². The Morgan fingerprint density at radius 2 is 1.88 bits per heavy atom. The van der Waals surface area contributed by atoms with Crippen LogP contribution in [0, 0.1) is 4.83 Å². The lowest BCUT2D eigenvalue weighted by molar-refractivity contribution is 0.272. The molecule has 1 fully saturated rings. The first-order chi connectivity index (χ1) is 3.79. The fraction of sp³-hybridized carbons (Fsp3) is 0.833. The van der Waals surface area contributed by atoms with Crippen LogP contribution in [0.1, 0.15) is 25.7 Å². The van der Waals surface area contributed by atoms with Gasteiger partial charge in [0, 0.05) is 12.8 Å². The third-order valence-corrected chi connectivity index (χ3v) is 2.25. The molecule has 0 unspecified atom stereocenters. The van der Waals surface area contributed by atoms with Gasteiger partial charge in [0.2, 0.25) is 0 Å². The average molecular weight is 180 g/mol. The normalized spacial score (nSPS) is 24.0. The van der Waals surface area contributed by atoms with Crippen LogP contribution in [-0.4, -0.2) is 6.17 Å². The van der Waals surface area contributed by atoms with Crippen LogP contribution in [-0.2, 0) is 0 Å². The fourth-order valence-corrected chi connectivity index (χ4v) is 1.35. The van der Waals surface area contributed by atoms with Gasteiger partial charge < -0.3 is 0 Å². The van der Waals surface area contributed by atoms with Gasteiger partial charge in [0.05, 0.1) is 0 Å². The molecule has 0 saturated heterocycles.